The largest absolute Gasteiger partial charge is 0.307 e. The van der Waals surface area contributed by atoms with Crippen LogP contribution in [0.3, 0.4) is 0 Å². The fourth-order valence-corrected chi connectivity index (χ4v) is 3.85. The summed E-state index contributed by atoms with van der Waals surface area (Å²) >= 11 is 6.16. The average molecular weight is 302 g/mol. The van der Waals surface area contributed by atoms with Gasteiger partial charge in [-0.2, -0.15) is 0 Å². The van der Waals surface area contributed by atoms with Crippen molar-refractivity contribution in [3.8, 4) is 0 Å². The monoisotopic (exact) mass is 301 g/mol. The molecule has 1 N–H and O–H groups in total. The summed E-state index contributed by atoms with van der Waals surface area (Å²) in [6, 6.07) is 5.05. The lowest BCUT2D eigenvalue weighted by molar-refractivity contribution is 0.175. The van der Waals surface area contributed by atoms with E-state index in [1.165, 1.54) is 12.7 Å². The molecule has 0 radical (unpaired) electrons. The highest BCUT2D eigenvalue weighted by Gasteiger charge is 2.34. The Balaban J connectivity index is 2.25. The molecule has 0 aliphatic heterocycles. The molecule has 3 nitrogen and oxygen atoms in total. The van der Waals surface area contributed by atoms with Crippen molar-refractivity contribution >= 4 is 21.4 Å². The number of sulfone groups is 1. The van der Waals surface area contributed by atoms with Gasteiger partial charge in [-0.3, -0.25) is 0 Å². The Bertz CT molecular complexity index is 559. The van der Waals surface area contributed by atoms with Crippen molar-refractivity contribution in [2.24, 2.45) is 0 Å². The number of hydrogen-bond donors (Lipinski definition) is 1. The van der Waals surface area contributed by atoms with E-state index < -0.39 is 9.84 Å². The molecule has 0 amide bonds. The van der Waals surface area contributed by atoms with Gasteiger partial charge >= 0.3 is 0 Å². The summed E-state index contributed by atoms with van der Waals surface area (Å²) in [4.78, 5) is 0.332. The Labute approximate surface area is 120 Å². The first kappa shape index (κ1) is 14.8. The molecule has 0 spiro atoms. The molecule has 0 atom stereocenters. The van der Waals surface area contributed by atoms with E-state index in [1.54, 1.807) is 18.2 Å². The topological polar surface area (TPSA) is 46.2 Å². The van der Waals surface area contributed by atoms with Gasteiger partial charge in [0.2, 0.25) is 0 Å². The van der Waals surface area contributed by atoms with Gasteiger partial charge in [0.15, 0.2) is 9.84 Å². The molecule has 1 aromatic carbocycles. The molecule has 1 aliphatic rings. The first-order valence-corrected chi connectivity index (χ1v) is 8.87. The molecule has 0 bridgehead atoms. The molecule has 1 fully saturated rings. The lowest BCUT2D eigenvalue weighted by atomic mass is 9.75. The molecule has 0 unspecified atom stereocenters. The van der Waals surface area contributed by atoms with Gasteiger partial charge in [0.1, 0.15) is 0 Å². The minimum absolute atomic E-state index is 0.175. The van der Waals surface area contributed by atoms with E-state index in [2.05, 4.69) is 12.2 Å². The third-order valence-electron chi connectivity index (χ3n) is 4.10. The lowest BCUT2D eigenvalue weighted by Gasteiger charge is -2.42. The number of rotatable bonds is 5. The van der Waals surface area contributed by atoms with Gasteiger partial charge in [-0.15, -0.1) is 0 Å². The summed E-state index contributed by atoms with van der Waals surface area (Å²) in [6.45, 7) is 2.67. The van der Waals surface area contributed by atoms with Gasteiger partial charge in [-0.25, -0.2) is 8.42 Å². The van der Waals surface area contributed by atoms with Crippen molar-refractivity contribution in [3.63, 3.8) is 0 Å². The normalized spacial score (nSPS) is 18.1. The summed E-state index contributed by atoms with van der Waals surface area (Å²) in [5.41, 5.74) is 0.861. The van der Waals surface area contributed by atoms with Crippen LogP contribution in [0.1, 0.15) is 38.2 Å². The smallest absolute Gasteiger partial charge is 0.175 e. The Morgan fingerprint density at radius 3 is 2.53 bits per heavy atom. The zero-order valence-corrected chi connectivity index (χ0v) is 12.9. The van der Waals surface area contributed by atoms with Crippen molar-refractivity contribution in [2.75, 3.05) is 6.26 Å². The summed E-state index contributed by atoms with van der Waals surface area (Å²) in [6.07, 6.45) is 5.83. The van der Waals surface area contributed by atoms with Gasteiger partial charge in [-0.1, -0.05) is 24.6 Å². The SMILES string of the molecule is CCC1(NCc2c(Cl)cccc2S(C)(=O)=O)CCC1. The van der Waals surface area contributed by atoms with Crippen molar-refractivity contribution < 1.29 is 8.42 Å². The van der Waals surface area contributed by atoms with Crippen LogP contribution in [0.15, 0.2) is 23.1 Å². The molecule has 1 aliphatic carbocycles. The van der Waals surface area contributed by atoms with Crippen LogP contribution in [0.2, 0.25) is 5.02 Å². The van der Waals surface area contributed by atoms with Crippen molar-refractivity contribution in [1.29, 1.82) is 0 Å². The molecule has 2 rings (SSSR count). The maximum absolute atomic E-state index is 11.8. The second kappa shape index (κ2) is 5.43. The molecule has 0 saturated heterocycles. The number of hydrogen-bond acceptors (Lipinski definition) is 3. The van der Waals surface area contributed by atoms with Crippen molar-refractivity contribution in [2.45, 2.75) is 49.6 Å². The Morgan fingerprint density at radius 2 is 2.05 bits per heavy atom. The van der Waals surface area contributed by atoms with Gasteiger partial charge < -0.3 is 5.32 Å². The van der Waals surface area contributed by atoms with Gasteiger partial charge in [-0.05, 0) is 37.8 Å². The van der Waals surface area contributed by atoms with Gasteiger partial charge in [0.25, 0.3) is 0 Å². The van der Waals surface area contributed by atoms with Crippen molar-refractivity contribution in [1.82, 2.24) is 5.32 Å². The summed E-state index contributed by atoms with van der Waals surface area (Å²) in [5.74, 6) is 0. The molecule has 19 heavy (non-hydrogen) atoms. The maximum Gasteiger partial charge on any atom is 0.175 e. The molecule has 106 valence electrons. The minimum Gasteiger partial charge on any atom is -0.307 e. The zero-order chi connectivity index (χ0) is 14.1. The van der Waals surface area contributed by atoms with Crippen LogP contribution < -0.4 is 5.32 Å². The summed E-state index contributed by atoms with van der Waals surface area (Å²) in [7, 11) is -3.24. The van der Waals surface area contributed by atoms with Crippen LogP contribution >= 0.6 is 11.6 Å². The van der Waals surface area contributed by atoms with Crippen LogP contribution in [0.25, 0.3) is 0 Å². The molecule has 5 heteroatoms. The highest BCUT2D eigenvalue weighted by Crippen LogP contribution is 2.35. The van der Waals surface area contributed by atoms with E-state index in [4.69, 9.17) is 11.6 Å². The van der Waals surface area contributed by atoms with Crippen LogP contribution in [-0.4, -0.2) is 20.2 Å². The van der Waals surface area contributed by atoms with Crippen molar-refractivity contribution in [3.05, 3.63) is 28.8 Å². The predicted octanol–water partition coefficient (Wildman–Crippen LogP) is 3.17. The third-order valence-corrected chi connectivity index (χ3v) is 5.64. The zero-order valence-electron chi connectivity index (χ0n) is 11.4. The predicted molar refractivity (Wildman–Crippen MR) is 78.3 cm³/mol. The fourth-order valence-electron chi connectivity index (χ4n) is 2.59. The molecular weight excluding hydrogens is 282 g/mol. The Morgan fingerprint density at radius 1 is 1.37 bits per heavy atom. The van der Waals surface area contributed by atoms with Crippen LogP contribution in [0.4, 0.5) is 0 Å². The van der Waals surface area contributed by atoms with Crippen LogP contribution in [-0.2, 0) is 16.4 Å². The first-order valence-electron chi connectivity index (χ1n) is 6.60. The second-order valence-corrected chi connectivity index (χ2v) is 7.72. The summed E-state index contributed by atoms with van der Waals surface area (Å²) in [5, 5.41) is 4.02. The standard InChI is InChI=1S/C14H20ClNO2S/c1-3-14(8-5-9-14)16-10-11-12(15)6-4-7-13(11)19(2,17)18/h4,6-7,16H,3,5,8-10H2,1-2H3. The van der Waals surface area contributed by atoms with E-state index >= 15 is 0 Å². The van der Waals surface area contributed by atoms with Gasteiger partial charge in [0.05, 0.1) is 4.90 Å². The number of benzene rings is 1. The minimum atomic E-state index is -3.24. The Kier molecular flexibility index (Phi) is 4.23. The fraction of sp³-hybridized carbons (Fsp3) is 0.571. The van der Waals surface area contributed by atoms with Crippen LogP contribution in [0, 0.1) is 0 Å². The van der Waals surface area contributed by atoms with E-state index in [-0.39, 0.29) is 5.54 Å². The third kappa shape index (κ3) is 3.12. The average Bonchev–Trinajstić information content (AvgIpc) is 2.28. The van der Waals surface area contributed by atoms with E-state index in [0.29, 0.717) is 22.0 Å². The molecule has 0 heterocycles. The first-order chi connectivity index (χ1) is 8.88. The number of halogens is 1. The quantitative estimate of drug-likeness (QED) is 0.908. The number of nitrogens with one attached hydrogen (secondary N) is 1. The second-order valence-electron chi connectivity index (χ2n) is 5.33. The van der Waals surface area contributed by atoms with E-state index in [9.17, 15) is 8.42 Å². The maximum atomic E-state index is 11.8. The van der Waals surface area contributed by atoms with E-state index in [1.807, 2.05) is 0 Å². The van der Waals surface area contributed by atoms with Gasteiger partial charge in [0, 0.05) is 28.9 Å². The van der Waals surface area contributed by atoms with E-state index in [0.717, 1.165) is 19.3 Å². The lowest BCUT2D eigenvalue weighted by Crippen LogP contribution is -2.50. The Hall–Kier alpha value is -0.580. The highest BCUT2D eigenvalue weighted by molar-refractivity contribution is 7.90. The molecule has 0 aromatic heterocycles. The van der Waals surface area contributed by atoms with Crippen LogP contribution in [0.5, 0.6) is 0 Å². The molecule has 1 aromatic rings. The molecule has 1 saturated carbocycles. The highest BCUT2D eigenvalue weighted by atomic mass is 35.5. The summed E-state index contributed by atoms with van der Waals surface area (Å²) < 4.78 is 23.6. The molecular formula is C14H20ClNO2S.